The quantitative estimate of drug-likeness (QED) is 0.850. The van der Waals surface area contributed by atoms with Gasteiger partial charge in [0.2, 0.25) is 0 Å². The Morgan fingerprint density at radius 3 is 2.52 bits per heavy atom. The summed E-state index contributed by atoms with van der Waals surface area (Å²) in [7, 11) is 0. The molecule has 2 aromatic rings. The van der Waals surface area contributed by atoms with Crippen LogP contribution >= 0.6 is 0 Å². The van der Waals surface area contributed by atoms with Crippen molar-refractivity contribution in [2.45, 2.75) is 19.3 Å². The lowest BCUT2D eigenvalue weighted by atomic mass is 9.94. The van der Waals surface area contributed by atoms with E-state index in [4.69, 9.17) is 4.74 Å². The Morgan fingerprint density at radius 1 is 1.09 bits per heavy atom. The van der Waals surface area contributed by atoms with Gasteiger partial charge >= 0.3 is 0 Å². The molecule has 0 aliphatic carbocycles. The first kappa shape index (κ1) is 15.5. The van der Waals surface area contributed by atoms with Crippen LogP contribution in [0.3, 0.4) is 0 Å². The molecule has 1 saturated heterocycles. The Bertz CT molecular complexity index is 608. The van der Waals surface area contributed by atoms with Gasteiger partial charge in [-0.05, 0) is 49.4 Å². The molecule has 0 saturated carbocycles. The first-order valence-corrected chi connectivity index (χ1v) is 8.21. The largest absolute Gasteiger partial charge is 0.494 e. The highest BCUT2D eigenvalue weighted by atomic mass is 16.5. The molecule has 0 unspecified atom stereocenters. The molecule has 120 valence electrons. The number of pyridine rings is 1. The zero-order valence-corrected chi connectivity index (χ0v) is 13.2. The number of benzene rings is 1. The Balaban J connectivity index is 1.41. The van der Waals surface area contributed by atoms with Gasteiger partial charge in [0.05, 0.1) is 6.61 Å². The van der Waals surface area contributed by atoms with Crippen LogP contribution in [0.15, 0.2) is 54.7 Å². The number of ether oxygens (including phenoxy) is 1. The van der Waals surface area contributed by atoms with E-state index >= 15 is 0 Å². The van der Waals surface area contributed by atoms with Crippen LogP contribution in [0.2, 0.25) is 0 Å². The molecule has 1 aliphatic rings. The van der Waals surface area contributed by atoms with Crippen molar-refractivity contribution in [3.63, 3.8) is 0 Å². The van der Waals surface area contributed by atoms with Crippen molar-refractivity contribution in [3.8, 4) is 5.75 Å². The summed E-state index contributed by atoms with van der Waals surface area (Å²) in [5.41, 5.74) is 0.540. The van der Waals surface area contributed by atoms with Crippen molar-refractivity contribution >= 4 is 5.91 Å². The fourth-order valence-corrected chi connectivity index (χ4v) is 2.94. The lowest BCUT2D eigenvalue weighted by molar-refractivity contribution is 0.0674. The SMILES string of the molecule is O=C(c1ccccn1)N1CCC(CCOc2ccccc2)CC1. The van der Waals surface area contributed by atoms with Crippen molar-refractivity contribution in [2.75, 3.05) is 19.7 Å². The fourth-order valence-electron chi connectivity index (χ4n) is 2.94. The number of rotatable bonds is 5. The van der Waals surface area contributed by atoms with E-state index in [1.807, 2.05) is 47.4 Å². The van der Waals surface area contributed by atoms with E-state index in [-0.39, 0.29) is 5.91 Å². The first-order valence-electron chi connectivity index (χ1n) is 8.21. The molecule has 2 heterocycles. The maximum atomic E-state index is 12.3. The molecule has 4 heteroatoms. The highest BCUT2D eigenvalue weighted by molar-refractivity contribution is 5.92. The summed E-state index contributed by atoms with van der Waals surface area (Å²) in [5, 5.41) is 0. The Labute approximate surface area is 137 Å². The highest BCUT2D eigenvalue weighted by Crippen LogP contribution is 2.22. The minimum Gasteiger partial charge on any atom is -0.494 e. The van der Waals surface area contributed by atoms with Crippen molar-refractivity contribution < 1.29 is 9.53 Å². The predicted molar refractivity (Wildman–Crippen MR) is 89.4 cm³/mol. The zero-order chi connectivity index (χ0) is 15.9. The number of hydrogen-bond donors (Lipinski definition) is 0. The number of carbonyl (C=O) groups is 1. The van der Waals surface area contributed by atoms with Crippen LogP contribution in [0, 0.1) is 5.92 Å². The third-order valence-electron chi connectivity index (χ3n) is 4.32. The highest BCUT2D eigenvalue weighted by Gasteiger charge is 2.24. The fraction of sp³-hybridized carbons (Fsp3) is 0.368. The van der Waals surface area contributed by atoms with E-state index < -0.39 is 0 Å². The number of carbonyl (C=O) groups excluding carboxylic acids is 1. The monoisotopic (exact) mass is 310 g/mol. The smallest absolute Gasteiger partial charge is 0.272 e. The third-order valence-corrected chi connectivity index (χ3v) is 4.32. The van der Waals surface area contributed by atoms with Gasteiger partial charge in [0.15, 0.2) is 0 Å². The summed E-state index contributed by atoms with van der Waals surface area (Å²) in [5.74, 6) is 1.60. The van der Waals surface area contributed by atoms with Gasteiger partial charge in [0.1, 0.15) is 11.4 Å². The molecule has 0 bridgehead atoms. The molecular weight excluding hydrogens is 288 g/mol. The predicted octanol–water partition coefficient (Wildman–Crippen LogP) is 3.40. The van der Waals surface area contributed by atoms with Gasteiger partial charge in [0, 0.05) is 19.3 Å². The van der Waals surface area contributed by atoms with Crippen LogP contribution in [0.4, 0.5) is 0 Å². The summed E-state index contributed by atoms with van der Waals surface area (Å²) in [6, 6.07) is 15.4. The second-order valence-corrected chi connectivity index (χ2v) is 5.90. The van der Waals surface area contributed by atoms with Crippen LogP contribution in [0.1, 0.15) is 29.8 Å². The van der Waals surface area contributed by atoms with Crippen molar-refractivity contribution in [1.82, 2.24) is 9.88 Å². The number of para-hydroxylation sites is 1. The standard InChI is InChI=1S/C19H22N2O2/c22-19(18-8-4-5-12-20-18)21-13-9-16(10-14-21)11-15-23-17-6-2-1-3-7-17/h1-8,12,16H,9-11,13-15H2. The molecule has 1 aromatic heterocycles. The topological polar surface area (TPSA) is 42.4 Å². The number of piperidine rings is 1. The molecule has 0 N–H and O–H groups in total. The van der Waals surface area contributed by atoms with E-state index in [1.165, 1.54) is 0 Å². The molecule has 0 atom stereocenters. The third kappa shape index (κ3) is 4.31. The molecule has 1 aliphatic heterocycles. The summed E-state index contributed by atoms with van der Waals surface area (Å²) in [6.07, 6.45) is 4.79. The van der Waals surface area contributed by atoms with Crippen molar-refractivity contribution in [2.24, 2.45) is 5.92 Å². The van der Waals surface area contributed by atoms with Gasteiger partial charge in [0.25, 0.3) is 5.91 Å². The Hall–Kier alpha value is -2.36. The molecule has 23 heavy (non-hydrogen) atoms. The molecule has 1 fully saturated rings. The summed E-state index contributed by atoms with van der Waals surface area (Å²) >= 11 is 0. The minimum absolute atomic E-state index is 0.0459. The Kier molecular flexibility index (Phi) is 5.25. The maximum Gasteiger partial charge on any atom is 0.272 e. The van der Waals surface area contributed by atoms with Gasteiger partial charge in [-0.2, -0.15) is 0 Å². The van der Waals surface area contributed by atoms with Gasteiger partial charge in [-0.25, -0.2) is 0 Å². The number of hydrogen-bond acceptors (Lipinski definition) is 3. The summed E-state index contributed by atoms with van der Waals surface area (Å²) < 4.78 is 5.76. The molecule has 1 aromatic carbocycles. The average molecular weight is 310 g/mol. The van der Waals surface area contributed by atoms with Crippen LogP contribution in [0.5, 0.6) is 5.75 Å². The van der Waals surface area contributed by atoms with Crippen LogP contribution in [-0.4, -0.2) is 35.5 Å². The van der Waals surface area contributed by atoms with Gasteiger partial charge < -0.3 is 9.64 Å². The second-order valence-electron chi connectivity index (χ2n) is 5.90. The van der Waals surface area contributed by atoms with E-state index in [9.17, 15) is 4.79 Å². The summed E-state index contributed by atoms with van der Waals surface area (Å²) in [4.78, 5) is 18.4. The molecule has 3 rings (SSSR count). The molecule has 1 amide bonds. The second kappa shape index (κ2) is 7.77. The zero-order valence-electron chi connectivity index (χ0n) is 13.2. The average Bonchev–Trinajstić information content (AvgIpc) is 2.63. The van der Waals surface area contributed by atoms with Crippen LogP contribution in [-0.2, 0) is 0 Å². The minimum atomic E-state index is 0.0459. The number of aromatic nitrogens is 1. The number of likely N-dealkylation sites (tertiary alicyclic amines) is 1. The number of nitrogens with zero attached hydrogens (tertiary/aromatic N) is 2. The van der Waals surface area contributed by atoms with Crippen LogP contribution < -0.4 is 4.74 Å². The molecular formula is C19H22N2O2. The lowest BCUT2D eigenvalue weighted by Gasteiger charge is -2.31. The van der Waals surface area contributed by atoms with E-state index in [0.29, 0.717) is 11.6 Å². The summed E-state index contributed by atoms with van der Waals surface area (Å²) in [6.45, 7) is 2.36. The first-order chi connectivity index (χ1) is 11.3. The number of amides is 1. The maximum absolute atomic E-state index is 12.3. The van der Waals surface area contributed by atoms with Gasteiger partial charge in [-0.1, -0.05) is 24.3 Å². The van der Waals surface area contributed by atoms with Crippen molar-refractivity contribution in [3.05, 3.63) is 60.4 Å². The van der Waals surface area contributed by atoms with Crippen molar-refractivity contribution in [1.29, 1.82) is 0 Å². The molecule has 4 nitrogen and oxygen atoms in total. The van der Waals surface area contributed by atoms with Gasteiger partial charge in [-0.3, -0.25) is 9.78 Å². The van der Waals surface area contributed by atoms with Gasteiger partial charge in [-0.15, -0.1) is 0 Å². The lowest BCUT2D eigenvalue weighted by Crippen LogP contribution is -2.39. The van der Waals surface area contributed by atoms with Crippen LogP contribution in [0.25, 0.3) is 0 Å². The normalized spacial score (nSPS) is 15.4. The molecule has 0 radical (unpaired) electrons. The molecule has 0 spiro atoms. The Morgan fingerprint density at radius 2 is 1.83 bits per heavy atom. The van der Waals surface area contributed by atoms with E-state index in [1.54, 1.807) is 12.3 Å². The van der Waals surface area contributed by atoms with E-state index in [2.05, 4.69) is 4.98 Å². The van der Waals surface area contributed by atoms with E-state index in [0.717, 1.165) is 44.7 Å².